The highest BCUT2D eigenvalue weighted by atomic mass is 16.5. The Bertz CT molecular complexity index is 878. The Kier molecular flexibility index (Phi) is 7.45. The van der Waals surface area contributed by atoms with Crippen LogP contribution in [-0.2, 0) is 15.9 Å². The van der Waals surface area contributed by atoms with E-state index in [1.54, 1.807) is 7.11 Å². The van der Waals surface area contributed by atoms with Crippen LogP contribution in [0.2, 0.25) is 0 Å². The van der Waals surface area contributed by atoms with Crippen molar-refractivity contribution in [3.8, 4) is 5.75 Å². The fraction of sp³-hybridized carbons (Fsp3) is 0.520. The number of hydrogen-bond acceptors (Lipinski definition) is 7. The maximum Gasteiger partial charge on any atom is 0.119 e. The summed E-state index contributed by atoms with van der Waals surface area (Å²) in [6, 6.07) is 14.0. The van der Waals surface area contributed by atoms with Crippen molar-refractivity contribution in [2.75, 3.05) is 26.9 Å². The zero-order valence-electron chi connectivity index (χ0n) is 18.3. The van der Waals surface area contributed by atoms with Gasteiger partial charge in [0.2, 0.25) is 0 Å². The maximum atomic E-state index is 10.5. The molecule has 1 aliphatic carbocycles. The normalized spacial score (nSPS) is 28.0. The standard InChI is InChI=1S/C25H32O7/c1-30-10-11-31-19-7-2-15(3-8-19)12-18-13-17(6-9-20(18)16-4-5-16)25-24(29)23(28)22(27)21(14-26)32-25/h2-3,6-9,13,16,21-29H,4-5,10-12,14H2,1H3/t21-,22-,23?,24-,25+/m1/s1. The highest BCUT2D eigenvalue weighted by molar-refractivity contribution is 5.42. The second kappa shape index (κ2) is 10.3. The smallest absolute Gasteiger partial charge is 0.119 e. The van der Waals surface area contributed by atoms with Gasteiger partial charge in [-0.3, -0.25) is 0 Å². The third-order valence-electron chi connectivity index (χ3n) is 6.28. The monoisotopic (exact) mass is 444 g/mol. The molecule has 174 valence electrons. The van der Waals surface area contributed by atoms with Gasteiger partial charge in [-0.05, 0) is 59.6 Å². The maximum absolute atomic E-state index is 10.5. The van der Waals surface area contributed by atoms with Crippen LogP contribution in [-0.4, -0.2) is 71.8 Å². The molecule has 2 fully saturated rings. The molecule has 1 unspecified atom stereocenters. The second-order valence-corrected chi connectivity index (χ2v) is 8.64. The van der Waals surface area contributed by atoms with E-state index in [-0.39, 0.29) is 0 Å². The molecule has 0 aromatic heterocycles. The van der Waals surface area contributed by atoms with Crippen molar-refractivity contribution in [1.29, 1.82) is 0 Å². The van der Waals surface area contributed by atoms with Crippen molar-refractivity contribution in [3.63, 3.8) is 0 Å². The first kappa shape index (κ1) is 23.2. The van der Waals surface area contributed by atoms with Gasteiger partial charge in [0.25, 0.3) is 0 Å². The summed E-state index contributed by atoms with van der Waals surface area (Å²) in [5.41, 5.74) is 4.30. The first-order valence-corrected chi connectivity index (χ1v) is 11.2. The van der Waals surface area contributed by atoms with Crippen molar-refractivity contribution >= 4 is 0 Å². The summed E-state index contributed by atoms with van der Waals surface area (Å²) < 4.78 is 16.4. The number of aliphatic hydroxyl groups excluding tert-OH is 4. The number of ether oxygens (including phenoxy) is 3. The molecular formula is C25H32O7. The van der Waals surface area contributed by atoms with Gasteiger partial charge in [-0.2, -0.15) is 0 Å². The summed E-state index contributed by atoms with van der Waals surface area (Å²) in [5, 5.41) is 40.3. The van der Waals surface area contributed by atoms with E-state index in [0.717, 1.165) is 28.9 Å². The molecule has 1 saturated carbocycles. The van der Waals surface area contributed by atoms with Crippen LogP contribution in [0.1, 0.15) is 47.1 Å². The highest BCUT2D eigenvalue weighted by Crippen LogP contribution is 2.43. The lowest BCUT2D eigenvalue weighted by atomic mass is 9.88. The molecule has 32 heavy (non-hydrogen) atoms. The third kappa shape index (κ3) is 5.14. The predicted molar refractivity (Wildman–Crippen MR) is 118 cm³/mol. The molecule has 7 nitrogen and oxygen atoms in total. The average molecular weight is 445 g/mol. The van der Waals surface area contributed by atoms with E-state index in [1.807, 2.05) is 36.4 Å². The van der Waals surface area contributed by atoms with E-state index >= 15 is 0 Å². The van der Waals surface area contributed by atoms with Gasteiger partial charge >= 0.3 is 0 Å². The number of rotatable bonds is 9. The SMILES string of the molecule is COCCOc1ccc(Cc2cc([C@@H]3O[C@H](CO)[C@@H](O)C(O)[C@H]3O)ccc2C2CC2)cc1. The summed E-state index contributed by atoms with van der Waals surface area (Å²) >= 11 is 0. The van der Waals surface area contributed by atoms with Crippen molar-refractivity contribution in [1.82, 2.24) is 0 Å². The molecule has 0 radical (unpaired) electrons. The molecule has 1 heterocycles. The highest BCUT2D eigenvalue weighted by Gasteiger charge is 2.44. The van der Waals surface area contributed by atoms with Gasteiger partial charge in [0.1, 0.15) is 42.9 Å². The summed E-state index contributed by atoms with van der Waals surface area (Å²) in [6.45, 7) is 0.604. The van der Waals surface area contributed by atoms with Crippen molar-refractivity contribution < 1.29 is 34.6 Å². The minimum atomic E-state index is -1.39. The molecule has 5 atom stereocenters. The first-order chi connectivity index (χ1) is 15.5. The lowest BCUT2D eigenvalue weighted by Gasteiger charge is -2.40. The topological polar surface area (TPSA) is 109 Å². The Morgan fingerprint density at radius 1 is 0.938 bits per heavy atom. The Morgan fingerprint density at radius 2 is 1.69 bits per heavy atom. The van der Waals surface area contributed by atoms with Gasteiger partial charge < -0.3 is 34.6 Å². The van der Waals surface area contributed by atoms with Gasteiger partial charge in [-0.25, -0.2) is 0 Å². The lowest BCUT2D eigenvalue weighted by molar-refractivity contribution is -0.231. The van der Waals surface area contributed by atoms with Gasteiger partial charge in [0.05, 0.1) is 13.2 Å². The quantitative estimate of drug-likeness (QED) is 0.436. The molecule has 2 aromatic rings. The molecule has 0 spiro atoms. The second-order valence-electron chi connectivity index (χ2n) is 8.64. The van der Waals surface area contributed by atoms with Crippen LogP contribution < -0.4 is 4.74 Å². The first-order valence-electron chi connectivity index (χ1n) is 11.2. The fourth-order valence-electron chi connectivity index (χ4n) is 4.29. The largest absolute Gasteiger partial charge is 0.491 e. The van der Waals surface area contributed by atoms with E-state index < -0.39 is 37.1 Å². The van der Waals surface area contributed by atoms with E-state index in [0.29, 0.717) is 19.1 Å². The summed E-state index contributed by atoms with van der Waals surface area (Å²) in [7, 11) is 1.64. The molecule has 1 aliphatic heterocycles. The lowest BCUT2D eigenvalue weighted by Crippen LogP contribution is -2.55. The van der Waals surface area contributed by atoms with Gasteiger partial charge in [-0.15, -0.1) is 0 Å². The Balaban J connectivity index is 1.55. The zero-order valence-corrected chi connectivity index (χ0v) is 18.3. The summed E-state index contributed by atoms with van der Waals surface area (Å²) in [4.78, 5) is 0. The number of aliphatic hydroxyl groups is 4. The molecule has 2 aliphatic rings. The van der Waals surface area contributed by atoms with Crippen LogP contribution in [0.3, 0.4) is 0 Å². The Labute approximate surface area is 188 Å². The van der Waals surface area contributed by atoms with Crippen LogP contribution in [0.25, 0.3) is 0 Å². The number of hydrogen-bond donors (Lipinski definition) is 4. The molecule has 4 N–H and O–H groups in total. The predicted octanol–water partition coefficient (Wildman–Crippen LogP) is 1.69. The van der Waals surface area contributed by atoms with Crippen molar-refractivity contribution in [2.45, 2.75) is 55.7 Å². The minimum absolute atomic E-state index is 0.437. The molecule has 2 aromatic carbocycles. The number of methoxy groups -OCH3 is 1. The average Bonchev–Trinajstić information content (AvgIpc) is 3.64. The Morgan fingerprint density at radius 3 is 2.34 bits per heavy atom. The molecule has 1 saturated heterocycles. The van der Waals surface area contributed by atoms with Gasteiger partial charge in [0.15, 0.2) is 0 Å². The number of benzene rings is 2. The fourth-order valence-corrected chi connectivity index (χ4v) is 4.29. The van der Waals surface area contributed by atoms with E-state index in [2.05, 4.69) is 6.07 Å². The van der Waals surface area contributed by atoms with E-state index in [4.69, 9.17) is 14.2 Å². The summed E-state index contributed by atoms with van der Waals surface area (Å²) in [5.74, 6) is 1.34. The van der Waals surface area contributed by atoms with Crippen LogP contribution in [0.4, 0.5) is 0 Å². The molecule has 4 rings (SSSR count). The molecule has 7 heteroatoms. The molecule has 0 amide bonds. The van der Waals surface area contributed by atoms with Crippen LogP contribution in [0, 0.1) is 0 Å². The molecule has 0 bridgehead atoms. The summed E-state index contributed by atoms with van der Waals surface area (Å²) in [6.07, 6.45) is -2.72. The van der Waals surface area contributed by atoms with Crippen molar-refractivity contribution in [3.05, 3.63) is 64.7 Å². The molecular weight excluding hydrogens is 412 g/mol. The van der Waals surface area contributed by atoms with Crippen LogP contribution in [0.5, 0.6) is 5.75 Å². The third-order valence-corrected chi connectivity index (χ3v) is 6.28. The minimum Gasteiger partial charge on any atom is -0.491 e. The van der Waals surface area contributed by atoms with Crippen LogP contribution in [0.15, 0.2) is 42.5 Å². The van der Waals surface area contributed by atoms with Gasteiger partial charge in [0, 0.05) is 7.11 Å². The van der Waals surface area contributed by atoms with Crippen LogP contribution >= 0.6 is 0 Å². The van der Waals surface area contributed by atoms with E-state index in [1.165, 1.54) is 18.4 Å². The Hall–Kier alpha value is -2.00. The van der Waals surface area contributed by atoms with Gasteiger partial charge in [-0.1, -0.05) is 30.3 Å². The van der Waals surface area contributed by atoms with Crippen molar-refractivity contribution in [2.24, 2.45) is 0 Å². The van der Waals surface area contributed by atoms with E-state index in [9.17, 15) is 20.4 Å². The zero-order chi connectivity index (χ0) is 22.7.